The topological polar surface area (TPSA) is 67.9 Å². The number of nitrogens with zero attached hydrogens (tertiary/aromatic N) is 1. The minimum Gasteiger partial charge on any atom is -0.493 e. The SMILES string of the molecule is C=CCOc1c(Br)cc(C=C2NC(=O)N(CC=C)C2=O)cc1OC. The molecule has 1 fully saturated rings. The third-order valence-electron chi connectivity index (χ3n) is 3.18. The number of hydrogen-bond acceptors (Lipinski definition) is 4. The van der Waals surface area contributed by atoms with E-state index >= 15 is 0 Å². The van der Waals surface area contributed by atoms with Crippen LogP contribution in [-0.2, 0) is 4.79 Å². The number of ether oxygens (including phenoxy) is 2. The fraction of sp³-hybridized carbons (Fsp3) is 0.176. The highest BCUT2D eigenvalue weighted by Crippen LogP contribution is 2.37. The Kier molecular flexibility index (Phi) is 5.81. The van der Waals surface area contributed by atoms with E-state index in [2.05, 4.69) is 34.4 Å². The minimum absolute atomic E-state index is 0.156. The van der Waals surface area contributed by atoms with Gasteiger partial charge < -0.3 is 14.8 Å². The summed E-state index contributed by atoms with van der Waals surface area (Å²) in [5.41, 5.74) is 0.865. The summed E-state index contributed by atoms with van der Waals surface area (Å²) in [6.45, 7) is 7.63. The van der Waals surface area contributed by atoms with Gasteiger partial charge in [0, 0.05) is 6.54 Å². The van der Waals surface area contributed by atoms with Crippen LogP contribution >= 0.6 is 15.9 Å². The normalized spacial score (nSPS) is 15.4. The van der Waals surface area contributed by atoms with Crippen LogP contribution in [0.2, 0.25) is 0 Å². The molecule has 0 atom stereocenters. The summed E-state index contributed by atoms with van der Waals surface area (Å²) in [5.74, 6) is 0.634. The molecule has 3 amide bonds. The van der Waals surface area contributed by atoms with Gasteiger partial charge in [-0.1, -0.05) is 18.7 Å². The van der Waals surface area contributed by atoms with Crippen LogP contribution in [0.15, 0.2) is 47.6 Å². The van der Waals surface area contributed by atoms with Gasteiger partial charge in [0.1, 0.15) is 12.3 Å². The van der Waals surface area contributed by atoms with Crippen LogP contribution < -0.4 is 14.8 Å². The lowest BCUT2D eigenvalue weighted by Gasteiger charge is -2.12. The van der Waals surface area contributed by atoms with Crippen molar-refractivity contribution in [2.45, 2.75) is 0 Å². The van der Waals surface area contributed by atoms with Crippen molar-refractivity contribution < 1.29 is 19.1 Å². The van der Waals surface area contributed by atoms with Gasteiger partial charge in [0.05, 0.1) is 11.6 Å². The summed E-state index contributed by atoms with van der Waals surface area (Å²) in [5, 5.41) is 2.54. The summed E-state index contributed by atoms with van der Waals surface area (Å²) >= 11 is 3.42. The van der Waals surface area contributed by atoms with E-state index in [0.29, 0.717) is 28.1 Å². The van der Waals surface area contributed by atoms with Crippen LogP contribution in [0.25, 0.3) is 6.08 Å². The number of amides is 3. The number of rotatable bonds is 7. The molecule has 0 aliphatic carbocycles. The Hall–Kier alpha value is -2.54. The lowest BCUT2D eigenvalue weighted by molar-refractivity contribution is -0.122. The zero-order valence-corrected chi connectivity index (χ0v) is 14.8. The minimum atomic E-state index is -0.469. The van der Waals surface area contributed by atoms with Gasteiger partial charge in [-0.15, -0.1) is 6.58 Å². The number of halogens is 1. The molecule has 0 spiro atoms. The van der Waals surface area contributed by atoms with Gasteiger partial charge >= 0.3 is 6.03 Å². The van der Waals surface area contributed by atoms with Gasteiger partial charge in [0.25, 0.3) is 5.91 Å². The zero-order chi connectivity index (χ0) is 17.7. The quantitative estimate of drug-likeness (QED) is 0.439. The molecule has 0 radical (unpaired) electrons. The molecule has 24 heavy (non-hydrogen) atoms. The predicted octanol–water partition coefficient (Wildman–Crippen LogP) is 3.10. The summed E-state index contributed by atoms with van der Waals surface area (Å²) in [6.07, 6.45) is 4.70. The van der Waals surface area contributed by atoms with E-state index in [1.54, 1.807) is 24.3 Å². The maximum Gasteiger partial charge on any atom is 0.329 e. The van der Waals surface area contributed by atoms with E-state index in [1.165, 1.54) is 13.2 Å². The first-order chi connectivity index (χ1) is 11.5. The Morgan fingerprint density at radius 2 is 2.04 bits per heavy atom. The molecular weight excluding hydrogens is 376 g/mol. The van der Waals surface area contributed by atoms with Crippen molar-refractivity contribution in [2.75, 3.05) is 20.3 Å². The van der Waals surface area contributed by atoms with Crippen molar-refractivity contribution in [1.29, 1.82) is 0 Å². The number of urea groups is 1. The smallest absolute Gasteiger partial charge is 0.329 e. The highest BCUT2D eigenvalue weighted by atomic mass is 79.9. The molecule has 0 aromatic heterocycles. The molecule has 1 aromatic carbocycles. The first-order valence-electron chi connectivity index (χ1n) is 7.08. The number of nitrogens with one attached hydrogen (secondary N) is 1. The van der Waals surface area contributed by atoms with Crippen LogP contribution in [0.4, 0.5) is 4.79 Å². The van der Waals surface area contributed by atoms with Gasteiger partial charge in [-0.05, 0) is 39.7 Å². The molecule has 1 aliphatic heterocycles. The van der Waals surface area contributed by atoms with Crippen molar-refractivity contribution in [3.63, 3.8) is 0 Å². The Morgan fingerprint density at radius 1 is 1.29 bits per heavy atom. The molecule has 0 saturated carbocycles. The second-order valence-electron chi connectivity index (χ2n) is 4.83. The van der Waals surface area contributed by atoms with Crippen LogP contribution in [0, 0.1) is 0 Å². The Labute approximate surface area is 148 Å². The number of hydrogen-bond donors (Lipinski definition) is 1. The first kappa shape index (κ1) is 17.8. The van der Waals surface area contributed by atoms with Crippen LogP contribution in [-0.4, -0.2) is 37.1 Å². The summed E-state index contributed by atoms with van der Waals surface area (Å²) in [4.78, 5) is 25.1. The molecular formula is C17H17BrN2O4. The third kappa shape index (κ3) is 3.68. The number of methoxy groups -OCH3 is 1. The van der Waals surface area contributed by atoms with Crippen molar-refractivity contribution in [3.05, 3.63) is 53.2 Å². The van der Waals surface area contributed by atoms with Gasteiger partial charge in [-0.25, -0.2) is 4.79 Å². The molecule has 0 bridgehead atoms. The van der Waals surface area contributed by atoms with Gasteiger partial charge in [0.2, 0.25) is 0 Å². The van der Waals surface area contributed by atoms with Crippen LogP contribution in [0.1, 0.15) is 5.56 Å². The van der Waals surface area contributed by atoms with Gasteiger partial charge in [0.15, 0.2) is 11.5 Å². The van der Waals surface area contributed by atoms with Crippen molar-refractivity contribution in [2.24, 2.45) is 0 Å². The molecule has 126 valence electrons. The monoisotopic (exact) mass is 392 g/mol. The third-order valence-corrected chi connectivity index (χ3v) is 3.77. The fourth-order valence-corrected chi connectivity index (χ4v) is 2.71. The van der Waals surface area contributed by atoms with Gasteiger partial charge in [-0.2, -0.15) is 0 Å². The van der Waals surface area contributed by atoms with E-state index in [-0.39, 0.29) is 12.2 Å². The second kappa shape index (κ2) is 7.83. The van der Waals surface area contributed by atoms with E-state index in [9.17, 15) is 9.59 Å². The molecule has 7 heteroatoms. The Balaban J connectivity index is 2.34. The number of carbonyl (C=O) groups is 2. The zero-order valence-electron chi connectivity index (χ0n) is 13.2. The summed E-state index contributed by atoms with van der Waals surface area (Å²) in [7, 11) is 1.52. The highest BCUT2D eigenvalue weighted by molar-refractivity contribution is 9.10. The van der Waals surface area contributed by atoms with E-state index < -0.39 is 11.9 Å². The summed E-state index contributed by atoms with van der Waals surface area (Å²) in [6, 6.07) is 3.01. The average Bonchev–Trinajstić information content (AvgIpc) is 2.81. The largest absolute Gasteiger partial charge is 0.493 e. The number of carbonyl (C=O) groups excluding carboxylic acids is 2. The van der Waals surface area contributed by atoms with Crippen LogP contribution in [0.5, 0.6) is 11.5 Å². The molecule has 0 unspecified atom stereocenters. The Bertz CT molecular complexity index is 728. The maximum absolute atomic E-state index is 12.2. The van der Waals surface area contributed by atoms with E-state index in [1.807, 2.05) is 0 Å². The van der Waals surface area contributed by atoms with E-state index in [0.717, 1.165) is 4.90 Å². The highest BCUT2D eigenvalue weighted by Gasteiger charge is 2.32. The Morgan fingerprint density at radius 3 is 2.67 bits per heavy atom. The molecule has 1 aromatic rings. The number of imide groups is 1. The lowest BCUT2D eigenvalue weighted by Crippen LogP contribution is -2.30. The van der Waals surface area contributed by atoms with E-state index in [4.69, 9.17) is 9.47 Å². The standard InChI is InChI=1S/C17H17BrN2O4/c1-4-6-20-16(21)13(19-17(20)22)9-11-8-12(18)15(24-7-5-2)14(10-11)23-3/h4-5,8-10H,1-2,6-7H2,3H3,(H,19,22). The number of benzene rings is 1. The molecule has 1 heterocycles. The van der Waals surface area contributed by atoms with Crippen molar-refractivity contribution >= 4 is 33.9 Å². The molecule has 1 saturated heterocycles. The lowest BCUT2D eigenvalue weighted by atomic mass is 10.1. The molecule has 1 N–H and O–H groups in total. The summed E-state index contributed by atoms with van der Waals surface area (Å²) < 4.78 is 11.5. The van der Waals surface area contributed by atoms with Crippen LogP contribution in [0.3, 0.4) is 0 Å². The molecule has 6 nitrogen and oxygen atoms in total. The average molecular weight is 393 g/mol. The van der Waals surface area contributed by atoms with Crippen molar-refractivity contribution in [3.8, 4) is 11.5 Å². The first-order valence-corrected chi connectivity index (χ1v) is 7.87. The maximum atomic E-state index is 12.2. The molecule has 2 rings (SSSR count). The molecule has 1 aliphatic rings. The van der Waals surface area contributed by atoms with Gasteiger partial charge in [-0.3, -0.25) is 9.69 Å². The van der Waals surface area contributed by atoms with Crippen molar-refractivity contribution in [1.82, 2.24) is 10.2 Å². The fourth-order valence-electron chi connectivity index (χ4n) is 2.14. The second-order valence-corrected chi connectivity index (χ2v) is 5.68. The predicted molar refractivity (Wildman–Crippen MR) is 94.8 cm³/mol.